The first-order chi connectivity index (χ1) is 15.8. The summed E-state index contributed by atoms with van der Waals surface area (Å²) in [6.07, 6.45) is 1.76. The van der Waals surface area contributed by atoms with Crippen LogP contribution in [0.25, 0.3) is 0 Å². The molecule has 9 nitrogen and oxygen atoms in total. The highest BCUT2D eigenvalue weighted by Gasteiger charge is 2.46. The van der Waals surface area contributed by atoms with Gasteiger partial charge in [-0.25, -0.2) is 4.99 Å². The number of hydrogen-bond donors (Lipinski definition) is 1. The van der Waals surface area contributed by atoms with E-state index in [1.807, 2.05) is 32.0 Å². The zero-order valence-electron chi connectivity index (χ0n) is 18.5. The minimum atomic E-state index is -0.613. The van der Waals surface area contributed by atoms with Crippen molar-refractivity contribution < 1.29 is 19.2 Å². The molecule has 33 heavy (non-hydrogen) atoms. The van der Waals surface area contributed by atoms with E-state index in [1.54, 1.807) is 4.90 Å². The summed E-state index contributed by atoms with van der Waals surface area (Å²) in [7, 11) is 1.41. The zero-order chi connectivity index (χ0) is 23.7. The van der Waals surface area contributed by atoms with Gasteiger partial charge >= 0.3 is 0 Å². The molecule has 2 aliphatic rings. The number of nitro benzene ring substituents is 1. The summed E-state index contributed by atoms with van der Waals surface area (Å²) in [4.78, 5) is 43.0. The van der Waals surface area contributed by atoms with Crippen molar-refractivity contribution in [3.05, 3.63) is 57.6 Å². The van der Waals surface area contributed by atoms with E-state index < -0.39 is 16.1 Å². The number of benzene rings is 2. The number of amides is 2. The molecule has 0 radical (unpaired) electrons. The predicted octanol–water partition coefficient (Wildman–Crippen LogP) is 4.34. The Bertz CT molecular complexity index is 1140. The quantitative estimate of drug-likeness (QED) is 0.477. The third-order valence-corrected chi connectivity index (χ3v) is 6.72. The normalized spacial score (nSPS) is 19.1. The minimum absolute atomic E-state index is 0.0790. The van der Waals surface area contributed by atoms with Crippen LogP contribution in [0, 0.1) is 24.0 Å². The zero-order valence-corrected chi connectivity index (χ0v) is 19.3. The smallest absolute Gasteiger partial charge is 0.271 e. The number of carbonyl (C=O) groups excluding carboxylic acids is 2. The highest BCUT2D eigenvalue weighted by Crippen LogP contribution is 2.40. The lowest BCUT2D eigenvalue weighted by Gasteiger charge is -2.16. The number of aryl methyl sites for hydroxylation is 2. The molecule has 1 N–H and O–H groups in total. The first kappa shape index (κ1) is 22.8. The number of nitrogens with zero attached hydrogens (tertiary/aromatic N) is 3. The molecule has 4 rings (SSSR count). The van der Waals surface area contributed by atoms with Crippen LogP contribution in [0.2, 0.25) is 0 Å². The second-order valence-electron chi connectivity index (χ2n) is 8.07. The summed E-state index contributed by atoms with van der Waals surface area (Å²) >= 11 is 1.29. The molecule has 0 aromatic heterocycles. The second kappa shape index (κ2) is 9.22. The molecule has 1 heterocycles. The fourth-order valence-electron chi connectivity index (χ4n) is 3.72. The van der Waals surface area contributed by atoms with E-state index in [4.69, 9.17) is 9.73 Å². The van der Waals surface area contributed by atoms with Gasteiger partial charge in [-0.3, -0.25) is 24.6 Å². The Labute approximate surface area is 195 Å². The van der Waals surface area contributed by atoms with Crippen LogP contribution in [0.15, 0.2) is 41.4 Å². The second-order valence-corrected chi connectivity index (χ2v) is 9.24. The van der Waals surface area contributed by atoms with Crippen molar-refractivity contribution in [2.45, 2.75) is 44.4 Å². The molecule has 1 aliphatic heterocycles. The van der Waals surface area contributed by atoms with E-state index in [0.717, 1.165) is 29.7 Å². The number of non-ortho nitro benzene ring substituents is 1. The maximum atomic E-state index is 13.1. The van der Waals surface area contributed by atoms with Crippen molar-refractivity contribution in [2.24, 2.45) is 4.99 Å². The molecule has 2 aromatic rings. The van der Waals surface area contributed by atoms with Gasteiger partial charge in [0.1, 0.15) is 11.0 Å². The average molecular weight is 469 g/mol. The molecular formula is C23H24N4O5S. The van der Waals surface area contributed by atoms with Gasteiger partial charge in [0.05, 0.1) is 23.4 Å². The summed E-state index contributed by atoms with van der Waals surface area (Å²) in [5.74, 6) is -0.256. The summed E-state index contributed by atoms with van der Waals surface area (Å²) in [5.41, 5.74) is 2.90. The van der Waals surface area contributed by atoms with Gasteiger partial charge in [-0.1, -0.05) is 30.0 Å². The number of methoxy groups -OCH3 is 1. The molecular weight excluding hydrogens is 444 g/mol. The maximum Gasteiger partial charge on any atom is 0.271 e. The van der Waals surface area contributed by atoms with E-state index >= 15 is 0 Å². The highest BCUT2D eigenvalue weighted by atomic mass is 32.2. The number of aliphatic imine (C=N–C) groups is 1. The van der Waals surface area contributed by atoms with Crippen molar-refractivity contribution in [3.63, 3.8) is 0 Å². The van der Waals surface area contributed by atoms with Crippen LogP contribution in [0.5, 0.6) is 5.75 Å². The lowest BCUT2D eigenvalue weighted by molar-refractivity contribution is -0.384. The summed E-state index contributed by atoms with van der Waals surface area (Å²) in [6, 6.07) is 10.0. The Kier molecular flexibility index (Phi) is 6.37. The highest BCUT2D eigenvalue weighted by molar-refractivity contribution is 8.15. The van der Waals surface area contributed by atoms with Crippen LogP contribution in [-0.2, 0) is 9.59 Å². The van der Waals surface area contributed by atoms with Gasteiger partial charge < -0.3 is 10.1 Å². The molecule has 1 saturated carbocycles. The molecule has 0 spiro atoms. The fraction of sp³-hybridized carbons (Fsp3) is 0.348. The van der Waals surface area contributed by atoms with Gasteiger partial charge in [-0.05, 0) is 43.9 Å². The van der Waals surface area contributed by atoms with Gasteiger partial charge in [0.2, 0.25) is 11.8 Å². The lowest BCUT2D eigenvalue weighted by Crippen LogP contribution is -2.35. The first-order valence-electron chi connectivity index (χ1n) is 10.6. The number of ether oxygens (including phenoxy) is 1. The van der Waals surface area contributed by atoms with Crippen molar-refractivity contribution in [1.29, 1.82) is 0 Å². The molecule has 10 heteroatoms. The number of nitro groups is 1. The summed E-state index contributed by atoms with van der Waals surface area (Å²) < 4.78 is 5.20. The molecule has 1 unspecified atom stereocenters. The van der Waals surface area contributed by atoms with E-state index in [0.29, 0.717) is 10.9 Å². The number of anilines is 1. The van der Waals surface area contributed by atoms with E-state index in [2.05, 4.69) is 5.32 Å². The number of para-hydroxylation sites is 1. The maximum absolute atomic E-state index is 13.1. The van der Waals surface area contributed by atoms with E-state index in [1.165, 1.54) is 37.1 Å². The number of hydrogen-bond acceptors (Lipinski definition) is 7. The number of amidine groups is 1. The Morgan fingerprint density at radius 2 is 1.97 bits per heavy atom. The van der Waals surface area contributed by atoms with Crippen LogP contribution in [0.4, 0.5) is 17.1 Å². The van der Waals surface area contributed by atoms with E-state index in [-0.39, 0.29) is 29.7 Å². The SMILES string of the molecule is COc1ccc([N+](=O)[O-])cc1NC(=O)CC1SC(=Nc2c(C)cccc2C)N(C2CC2)C1=O. The molecule has 1 aliphatic carbocycles. The van der Waals surface area contributed by atoms with Crippen molar-refractivity contribution in [3.8, 4) is 5.75 Å². The minimum Gasteiger partial charge on any atom is -0.495 e. The largest absolute Gasteiger partial charge is 0.495 e. The molecule has 2 aromatic carbocycles. The Hall–Kier alpha value is -3.40. The topological polar surface area (TPSA) is 114 Å². The number of nitrogens with one attached hydrogen (secondary N) is 1. The number of carbonyl (C=O) groups is 2. The van der Waals surface area contributed by atoms with E-state index in [9.17, 15) is 19.7 Å². The molecule has 172 valence electrons. The third-order valence-electron chi connectivity index (χ3n) is 5.56. The predicted molar refractivity (Wildman–Crippen MR) is 127 cm³/mol. The molecule has 2 fully saturated rings. The Morgan fingerprint density at radius 1 is 1.27 bits per heavy atom. The summed E-state index contributed by atoms with van der Waals surface area (Å²) in [6.45, 7) is 3.96. The fourth-order valence-corrected chi connectivity index (χ4v) is 4.92. The van der Waals surface area contributed by atoms with Crippen molar-refractivity contribution in [2.75, 3.05) is 12.4 Å². The lowest BCUT2D eigenvalue weighted by atomic mass is 10.1. The van der Waals surface area contributed by atoms with Gasteiger partial charge in [0.25, 0.3) is 5.69 Å². The van der Waals surface area contributed by atoms with Crippen molar-refractivity contribution >= 4 is 45.8 Å². The summed E-state index contributed by atoms with van der Waals surface area (Å²) in [5, 5.41) is 13.7. The number of rotatable bonds is 7. The molecule has 1 saturated heterocycles. The standard InChI is InChI=1S/C23H24N4O5S/c1-13-5-4-6-14(2)21(13)25-23-26(15-7-8-15)22(29)19(33-23)12-20(28)24-17-11-16(27(30)31)9-10-18(17)32-3/h4-6,9-11,15,19H,7-8,12H2,1-3H3,(H,24,28). The van der Waals surface area contributed by atoms with Crippen LogP contribution in [0.1, 0.15) is 30.4 Å². The number of thioether (sulfide) groups is 1. The van der Waals surface area contributed by atoms with Gasteiger partial charge in [-0.2, -0.15) is 0 Å². The third kappa shape index (κ3) is 4.85. The van der Waals surface area contributed by atoms with Gasteiger partial charge in [0.15, 0.2) is 5.17 Å². The molecule has 0 bridgehead atoms. The van der Waals surface area contributed by atoms with Crippen molar-refractivity contribution in [1.82, 2.24) is 4.90 Å². The van der Waals surface area contributed by atoms with Crippen LogP contribution >= 0.6 is 11.8 Å². The average Bonchev–Trinajstić information content (AvgIpc) is 3.56. The molecule has 1 atom stereocenters. The van der Waals surface area contributed by atoms with Gasteiger partial charge in [-0.15, -0.1) is 0 Å². The molecule has 2 amide bonds. The Balaban J connectivity index is 1.54. The van der Waals surface area contributed by atoms with Crippen LogP contribution in [0.3, 0.4) is 0 Å². The monoisotopic (exact) mass is 468 g/mol. The van der Waals surface area contributed by atoms with Crippen LogP contribution in [-0.4, -0.2) is 45.2 Å². The Morgan fingerprint density at radius 3 is 2.58 bits per heavy atom. The first-order valence-corrected chi connectivity index (χ1v) is 11.4. The van der Waals surface area contributed by atoms with Crippen LogP contribution < -0.4 is 10.1 Å². The van der Waals surface area contributed by atoms with Gasteiger partial charge in [0, 0.05) is 24.6 Å².